The summed E-state index contributed by atoms with van der Waals surface area (Å²) in [6.45, 7) is 6.05. The SMILES string of the molecule is CC(=O)C[C@@H](Cc1ccccc1)C(=O)N[C@@H](CC(C)C)C(=O)N1CCC[C@H]1C(=O)N[C@@H](CCCCNC(=O)OCC1c2ccccc2-c2ccccc21)C(=O)O. The predicted octanol–water partition coefficient (Wildman–Crippen LogP) is 5.62. The van der Waals surface area contributed by atoms with E-state index in [1.165, 1.54) is 11.8 Å². The second-order valence-corrected chi connectivity index (χ2v) is 15.3. The Hall–Kier alpha value is -5.52. The summed E-state index contributed by atoms with van der Waals surface area (Å²) in [5.41, 5.74) is 5.41. The Kier molecular flexibility index (Phi) is 14.8. The van der Waals surface area contributed by atoms with E-state index in [1.54, 1.807) is 0 Å². The van der Waals surface area contributed by atoms with Crippen molar-refractivity contribution in [3.8, 4) is 11.1 Å². The van der Waals surface area contributed by atoms with Gasteiger partial charge < -0.3 is 35.5 Å². The summed E-state index contributed by atoms with van der Waals surface area (Å²) >= 11 is 0. The fraction of sp³-hybridized carbons (Fsp3) is 0.455. The first kappa shape index (κ1) is 41.6. The van der Waals surface area contributed by atoms with Gasteiger partial charge in [0.1, 0.15) is 30.5 Å². The van der Waals surface area contributed by atoms with Gasteiger partial charge in [0.05, 0.1) is 0 Å². The van der Waals surface area contributed by atoms with Crippen LogP contribution in [0.5, 0.6) is 0 Å². The number of aliphatic carboxylic acids is 1. The zero-order chi connectivity index (χ0) is 40.2. The van der Waals surface area contributed by atoms with Gasteiger partial charge in [0.15, 0.2) is 0 Å². The molecule has 12 nitrogen and oxygen atoms in total. The number of rotatable bonds is 19. The molecule has 12 heteroatoms. The Bertz CT molecular complexity index is 1820. The molecule has 4 N–H and O–H groups in total. The molecule has 2 aliphatic rings. The molecule has 56 heavy (non-hydrogen) atoms. The van der Waals surface area contributed by atoms with Crippen LogP contribution in [0.15, 0.2) is 78.9 Å². The molecular formula is C44H54N4O8. The fourth-order valence-corrected chi connectivity index (χ4v) is 7.83. The van der Waals surface area contributed by atoms with Crippen LogP contribution in [0.3, 0.4) is 0 Å². The van der Waals surface area contributed by atoms with E-state index in [0.29, 0.717) is 45.1 Å². The Labute approximate surface area is 328 Å². The van der Waals surface area contributed by atoms with Gasteiger partial charge in [-0.25, -0.2) is 9.59 Å². The highest BCUT2D eigenvalue weighted by Crippen LogP contribution is 2.44. The topological polar surface area (TPSA) is 171 Å². The molecule has 3 aromatic rings. The molecule has 4 atom stereocenters. The van der Waals surface area contributed by atoms with E-state index in [1.807, 2.05) is 80.6 Å². The van der Waals surface area contributed by atoms with E-state index in [9.17, 15) is 33.9 Å². The summed E-state index contributed by atoms with van der Waals surface area (Å²) < 4.78 is 5.58. The maximum atomic E-state index is 14.0. The molecule has 1 aliphatic carbocycles. The highest BCUT2D eigenvalue weighted by atomic mass is 16.5. The summed E-state index contributed by atoms with van der Waals surface area (Å²) in [4.78, 5) is 79.4. The number of ketones is 1. The van der Waals surface area contributed by atoms with E-state index in [2.05, 4.69) is 28.1 Å². The van der Waals surface area contributed by atoms with Gasteiger partial charge in [-0.15, -0.1) is 0 Å². The number of carboxylic acid groups (broad SMARTS) is 1. The van der Waals surface area contributed by atoms with Crippen molar-refractivity contribution >= 4 is 35.6 Å². The van der Waals surface area contributed by atoms with Crippen LogP contribution in [0.4, 0.5) is 4.79 Å². The fourth-order valence-electron chi connectivity index (χ4n) is 7.83. The Morgan fingerprint density at radius 3 is 2.11 bits per heavy atom. The van der Waals surface area contributed by atoms with E-state index in [4.69, 9.17) is 4.74 Å². The Morgan fingerprint density at radius 2 is 1.48 bits per heavy atom. The summed E-state index contributed by atoms with van der Waals surface area (Å²) in [6, 6.07) is 22.6. The smallest absolute Gasteiger partial charge is 0.407 e. The number of alkyl carbamates (subject to hydrolysis) is 1. The van der Waals surface area contributed by atoms with Crippen LogP contribution in [0.1, 0.15) is 88.3 Å². The number of carbonyl (C=O) groups is 6. The molecule has 0 spiro atoms. The molecule has 0 aromatic heterocycles. The highest BCUT2D eigenvalue weighted by molar-refractivity contribution is 5.95. The van der Waals surface area contributed by atoms with Crippen molar-refractivity contribution in [2.24, 2.45) is 11.8 Å². The molecule has 1 fully saturated rings. The lowest BCUT2D eigenvalue weighted by atomic mass is 9.92. The number of hydrogen-bond donors (Lipinski definition) is 4. The van der Waals surface area contributed by atoms with Crippen LogP contribution >= 0.6 is 0 Å². The lowest BCUT2D eigenvalue weighted by molar-refractivity contribution is -0.145. The number of Topliss-reactive ketones (excluding diaryl/α,β-unsaturated/α-hetero) is 1. The van der Waals surface area contributed by atoms with Gasteiger partial charge in [0, 0.05) is 31.3 Å². The summed E-state index contributed by atoms with van der Waals surface area (Å²) in [5, 5.41) is 18.2. The van der Waals surface area contributed by atoms with Crippen LogP contribution in [-0.4, -0.2) is 83.4 Å². The number of amides is 4. The third-order valence-electron chi connectivity index (χ3n) is 10.5. The normalized spacial score (nSPS) is 16.3. The lowest BCUT2D eigenvalue weighted by Crippen LogP contribution is -2.56. The number of nitrogens with one attached hydrogen (secondary N) is 3. The third kappa shape index (κ3) is 11.0. The van der Waals surface area contributed by atoms with Crippen LogP contribution in [0, 0.1) is 11.8 Å². The van der Waals surface area contributed by atoms with Crippen molar-refractivity contribution in [3.63, 3.8) is 0 Å². The van der Waals surface area contributed by atoms with Gasteiger partial charge >= 0.3 is 12.1 Å². The number of carboxylic acids is 1. The minimum absolute atomic E-state index is 0.0279. The van der Waals surface area contributed by atoms with Crippen molar-refractivity contribution in [1.29, 1.82) is 0 Å². The summed E-state index contributed by atoms with van der Waals surface area (Å²) in [7, 11) is 0. The van der Waals surface area contributed by atoms with Crippen LogP contribution in [-0.2, 0) is 35.1 Å². The number of hydrogen-bond acceptors (Lipinski definition) is 7. The molecule has 1 heterocycles. The minimum atomic E-state index is -1.20. The van der Waals surface area contributed by atoms with Crippen LogP contribution in [0.2, 0.25) is 0 Å². The average Bonchev–Trinajstić information content (AvgIpc) is 3.79. The molecular weight excluding hydrogens is 713 g/mol. The van der Waals surface area contributed by atoms with Crippen molar-refractivity contribution in [2.45, 2.75) is 96.2 Å². The second kappa shape index (κ2) is 19.9. The number of ether oxygens (including phenoxy) is 1. The van der Waals surface area contributed by atoms with Crippen LogP contribution in [0.25, 0.3) is 11.1 Å². The number of likely N-dealkylation sites (tertiary alicyclic amines) is 1. The van der Waals surface area contributed by atoms with Gasteiger partial charge in [-0.05, 0) is 85.6 Å². The van der Waals surface area contributed by atoms with Crippen molar-refractivity contribution in [2.75, 3.05) is 19.7 Å². The maximum Gasteiger partial charge on any atom is 0.407 e. The van der Waals surface area contributed by atoms with Gasteiger partial charge in [0.25, 0.3) is 0 Å². The number of carbonyl (C=O) groups excluding carboxylic acids is 5. The standard InChI is InChI=1S/C44H54N4O8/c1-28(2)24-38(47-40(50)31(25-29(3)49)26-30-14-5-4-6-15-30)42(52)48-23-13-21-39(48)41(51)46-37(43(53)54)20-11-12-22-45-44(55)56-27-36-34-18-9-7-16-32(34)33-17-8-10-19-35(33)36/h4-10,14-19,28,31,36-39H,11-13,20-27H2,1-3H3,(H,45,55)(H,46,51)(H,47,50)(H,53,54)/t31-,37-,38-,39-/m0/s1. The monoisotopic (exact) mass is 766 g/mol. The largest absolute Gasteiger partial charge is 0.480 e. The molecule has 5 rings (SSSR count). The van der Waals surface area contributed by atoms with E-state index in [0.717, 1.165) is 27.8 Å². The zero-order valence-corrected chi connectivity index (χ0v) is 32.5. The average molecular weight is 767 g/mol. The van der Waals surface area contributed by atoms with E-state index in [-0.39, 0.29) is 43.6 Å². The van der Waals surface area contributed by atoms with Gasteiger partial charge in [-0.3, -0.25) is 14.4 Å². The summed E-state index contributed by atoms with van der Waals surface area (Å²) in [5.74, 6) is -3.39. The summed E-state index contributed by atoms with van der Waals surface area (Å²) in [6.07, 6.45) is 2.03. The minimum Gasteiger partial charge on any atom is -0.480 e. The zero-order valence-electron chi connectivity index (χ0n) is 32.5. The molecule has 0 unspecified atom stereocenters. The van der Waals surface area contributed by atoms with Gasteiger partial charge in [-0.2, -0.15) is 0 Å². The Morgan fingerprint density at radius 1 is 0.839 bits per heavy atom. The first-order chi connectivity index (χ1) is 26.9. The van der Waals surface area contributed by atoms with E-state index < -0.39 is 53.8 Å². The molecule has 1 saturated heterocycles. The second-order valence-electron chi connectivity index (χ2n) is 15.3. The van der Waals surface area contributed by atoms with Crippen molar-refractivity contribution < 1.29 is 38.6 Å². The maximum absolute atomic E-state index is 14.0. The molecule has 298 valence electrons. The molecule has 0 saturated carbocycles. The highest BCUT2D eigenvalue weighted by Gasteiger charge is 2.39. The molecule has 4 amide bonds. The molecule has 0 radical (unpaired) electrons. The lowest BCUT2D eigenvalue weighted by Gasteiger charge is -2.31. The molecule has 0 bridgehead atoms. The van der Waals surface area contributed by atoms with E-state index >= 15 is 0 Å². The number of fused-ring (bicyclic) bond motifs is 3. The number of nitrogens with zero attached hydrogens (tertiary/aromatic N) is 1. The predicted molar refractivity (Wildman–Crippen MR) is 212 cm³/mol. The Balaban J connectivity index is 1.10. The number of benzene rings is 3. The number of unbranched alkanes of at least 4 members (excludes halogenated alkanes) is 1. The van der Waals surface area contributed by atoms with Gasteiger partial charge in [0.2, 0.25) is 17.7 Å². The molecule has 3 aromatic carbocycles. The van der Waals surface area contributed by atoms with Gasteiger partial charge in [-0.1, -0.05) is 92.7 Å². The van der Waals surface area contributed by atoms with Crippen molar-refractivity contribution in [1.82, 2.24) is 20.9 Å². The van der Waals surface area contributed by atoms with Crippen LogP contribution < -0.4 is 16.0 Å². The van der Waals surface area contributed by atoms with Crippen molar-refractivity contribution in [3.05, 3.63) is 95.6 Å². The first-order valence-corrected chi connectivity index (χ1v) is 19.7. The quantitative estimate of drug-likeness (QED) is 0.114. The first-order valence-electron chi connectivity index (χ1n) is 19.7. The molecule has 1 aliphatic heterocycles. The third-order valence-corrected chi connectivity index (χ3v) is 10.5.